The number of nitrogens with one attached hydrogen (secondary N) is 1. The molecule has 2 atom stereocenters. The fourth-order valence-corrected chi connectivity index (χ4v) is 6.25. The topological polar surface area (TPSA) is 84.9 Å². The molecule has 3 aromatic carbocycles. The monoisotopic (exact) mass is 918 g/mol. The van der Waals surface area contributed by atoms with Gasteiger partial charge in [0, 0.05) is 14.7 Å². The summed E-state index contributed by atoms with van der Waals surface area (Å²) in [6.45, 7) is -0.696. The molecule has 1 N–H and O–H groups in total. The van der Waals surface area contributed by atoms with Gasteiger partial charge < -0.3 is 14.9 Å². The molecule has 0 heterocycles. The first kappa shape index (κ1) is 41.9. The van der Waals surface area contributed by atoms with E-state index < -0.39 is 103 Å². The number of benzene rings is 3. The van der Waals surface area contributed by atoms with Crippen molar-refractivity contribution in [1.29, 1.82) is 0 Å². The van der Waals surface area contributed by atoms with Gasteiger partial charge in [-0.3, -0.25) is 9.59 Å². The van der Waals surface area contributed by atoms with E-state index in [1.165, 1.54) is 6.08 Å². The van der Waals surface area contributed by atoms with Crippen LogP contribution in [0.5, 0.6) is 5.75 Å². The van der Waals surface area contributed by atoms with Gasteiger partial charge in [-0.05, 0) is 88.5 Å². The van der Waals surface area contributed by atoms with Crippen molar-refractivity contribution in [3.63, 3.8) is 0 Å². The van der Waals surface area contributed by atoms with Crippen LogP contribution < -0.4 is 15.1 Å². The molecule has 0 saturated heterocycles. The summed E-state index contributed by atoms with van der Waals surface area (Å²) in [5.41, 5.74) is -12.5. The number of amides is 2. The van der Waals surface area contributed by atoms with Crippen molar-refractivity contribution in [2.45, 2.75) is 38.5 Å². The van der Waals surface area contributed by atoms with Gasteiger partial charge in [-0.15, -0.1) is 5.06 Å². The third-order valence-electron chi connectivity index (χ3n) is 8.06. The zero-order valence-electron chi connectivity index (χ0n) is 26.3. The highest BCUT2D eigenvalue weighted by Gasteiger charge is 2.73. The summed E-state index contributed by atoms with van der Waals surface area (Å²) in [5.74, 6) is -9.59. The summed E-state index contributed by atoms with van der Waals surface area (Å²) >= 11 is 12.5. The Morgan fingerprint density at radius 1 is 0.943 bits per heavy atom. The second-order valence-corrected chi connectivity index (χ2v) is 13.9. The number of hydroxylamine groups is 1. The number of allylic oxidation sites excluding steroid dienone is 1. The molecule has 1 aliphatic carbocycles. The minimum Gasteiger partial charge on any atom is -0.433 e. The molecule has 286 valence electrons. The maximum absolute atomic E-state index is 16.2. The molecule has 0 bridgehead atoms. The Morgan fingerprint density at radius 3 is 2.06 bits per heavy atom. The molecule has 4 rings (SSSR count). The van der Waals surface area contributed by atoms with Crippen molar-refractivity contribution in [2.75, 3.05) is 10.4 Å². The lowest BCUT2D eigenvalue weighted by Gasteiger charge is -2.31. The zero-order chi connectivity index (χ0) is 40.0. The van der Waals surface area contributed by atoms with Crippen LogP contribution in [0.1, 0.15) is 40.1 Å². The number of hydrogen-bond donors (Lipinski definition) is 1. The molecule has 1 aliphatic rings. The fourth-order valence-electron chi connectivity index (χ4n) is 5.24. The van der Waals surface area contributed by atoms with E-state index in [0.717, 1.165) is 65.1 Å². The average Bonchev–Trinajstić information content (AvgIpc) is 3.57. The van der Waals surface area contributed by atoms with Gasteiger partial charge in [-0.25, -0.2) is 18.0 Å². The van der Waals surface area contributed by atoms with E-state index >= 15 is 4.39 Å². The van der Waals surface area contributed by atoms with Gasteiger partial charge in [0.15, 0.2) is 11.6 Å². The van der Waals surface area contributed by atoms with E-state index in [2.05, 4.69) is 4.74 Å². The van der Waals surface area contributed by atoms with Crippen molar-refractivity contribution < 1.29 is 72.3 Å². The predicted molar refractivity (Wildman–Crippen MR) is 175 cm³/mol. The first-order chi connectivity index (χ1) is 24.3. The Labute approximate surface area is 315 Å². The van der Waals surface area contributed by atoms with Crippen LogP contribution in [-0.2, 0) is 15.3 Å². The first-order valence-electron chi connectivity index (χ1n) is 14.4. The summed E-state index contributed by atoms with van der Waals surface area (Å²) in [4.78, 5) is 45.5. The number of carbonyl (C=O) groups is 3. The molecule has 7 nitrogen and oxygen atoms in total. The van der Waals surface area contributed by atoms with Crippen LogP contribution in [0.4, 0.5) is 59.7 Å². The largest absolute Gasteiger partial charge is 0.435 e. The van der Waals surface area contributed by atoms with Gasteiger partial charge in [-0.2, -0.15) is 35.1 Å². The maximum atomic E-state index is 16.2. The van der Waals surface area contributed by atoms with Gasteiger partial charge in [0.1, 0.15) is 16.0 Å². The summed E-state index contributed by atoms with van der Waals surface area (Å²) in [6.07, 6.45) is -12.0. The Bertz CT molecular complexity index is 1940. The van der Waals surface area contributed by atoms with E-state index in [-0.39, 0.29) is 27.3 Å². The third kappa shape index (κ3) is 8.45. The van der Waals surface area contributed by atoms with Gasteiger partial charge in [0.2, 0.25) is 0 Å². The number of anilines is 2. The number of halogens is 14. The molecule has 53 heavy (non-hydrogen) atoms. The summed E-state index contributed by atoms with van der Waals surface area (Å²) in [5, 5.41) is 1.96. The lowest BCUT2D eigenvalue weighted by Crippen LogP contribution is -2.50. The molecule has 2 unspecified atom stereocenters. The molecule has 2 amide bonds. The van der Waals surface area contributed by atoms with Crippen molar-refractivity contribution in [3.05, 3.63) is 97.1 Å². The van der Waals surface area contributed by atoms with E-state index in [4.69, 9.17) is 28.0 Å². The molecular weight excluding hydrogens is 899 g/mol. The normalized spacial score (nSPS) is 16.8. The van der Waals surface area contributed by atoms with E-state index in [0.29, 0.717) is 0 Å². The highest BCUT2D eigenvalue weighted by Crippen LogP contribution is 2.60. The number of alkyl halides is 9. The molecule has 0 radical (unpaired) electrons. The van der Waals surface area contributed by atoms with Gasteiger partial charge in [0.05, 0.1) is 17.2 Å². The molecule has 3 aromatic rings. The zero-order valence-corrected chi connectivity index (χ0v) is 30.0. The van der Waals surface area contributed by atoms with Crippen molar-refractivity contribution >= 4 is 75.0 Å². The molecule has 0 spiro atoms. The number of hydrogen-bond acceptors (Lipinski definition) is 5. The summed E-state index contributed by atoms with van der Waals surface area (Å²) < 4.78 is 155. The minimum absolute atomic E-state index is 0.0515. The smallest absolute Gasteiger partial charge is 0.433 e. The van der Waals surface area contributed by atoms with E-state index in [9.17, 15) is 58.3 Å². The van der Waals surface area contributed by atoms with Crippen LogP contribution >= 0.6 is 45.8 Å². The number of nitrogens with zero attached hydrogens (tertiary/aromatic N) is 1. The molecular formula is C32H20Cl2F11IN2O5. The van der Waals surface area contributed by atoms with Crippen LogP contribution in [0.15, 0.2) is 65.2 Å². The van der Waals surface area contributed by atoms with E-state index in [1.54, 1.807) is 13.8 Å². The highest BCUT2D eigenvalue weighted by atomic mass is 127. The molecule has 1 fully saturated rings. The van der Waals surface area contributed by atoms with Crippen molar-refractivity contribution in [3.8, 4) is 5.75 Å². The van der Waals surface area contributed by atoms with Gasteiger partial charge in [-0.1, -0.05) is 43.1 Å². The lowest BCUT2D eigenvalue weighted by molar-refractivity contribution is -0.348. The summed E-state index contributed by atoms with van der Waals surface area (Å²) in [6, 6.07) is 5.74. The van der Waals surface area contributed by atoms with Crippen LogP contribution in [0, 0.1) is 32.5 Å². The van der Waals surface area contributed by atoms with Crippen LogP contribution in [-0.4, -0.2) is 36.7 Å². The Kier molecular flexibility index (Phi) is 12.0. The molecule has 0 aliphatic heterocycles. The summed E-state index contributed by atoms with van der Waals surface area (Å²) in [7, 11) is 0. The second kappa shape index (κ2) is 15.1. The molecule has 0 aromatic heterocycles. The minimum atomic E-state index is -6.64. The van der Waals surface area contributed by atoms with Gasteiger partial charge >= 0.3 is 30.6 Å². The predicted octanol–water partition coefficient (Wildman–Crippen LogP) is 10.4. The van der Waals surface area contributed by atoms with E-state index in [1.807, 2.05) is 5.32 Å². The Hall–Kier alpha value is -3.85. The SMILES string of the molecule is CC1(C)C(C=C(Cl)Cl)C1C(=O)ON(C(=O)c1ccc(F)cc1)c1cccc(C(=O)Nc2c(I)cc(C(F)(C(F)(F)F)C(F)(F)F)cc2OC(F)F)c1F. The van der Waals surface area contributed by atoms with Gasteiger partial charge in [0.25, 0.3) is 11.8 Å². The molecule has 1 saturated carbocycles. The quantitative estimate of drug-likeness (QED) is 0.131. The number of carbonyl (C=O) groups excluding carboxylic acids is 3. The van der Waals surface area contributed by atoms with Crippen molar-refractivity contribution in [2.24, 2.45) is 17.3 Å². The Balaban J connectivity index is 1.78. The molecule has 21 heteroatoms. The van der Waals surface area contributed by atoms with Crippen molar-refractivity contribution in [1.82, 2.24) is 0 Å². The van der Waals surface area contributed by atoms with Crippen LogP contribution in [0.3, 0.4) is 0 Å². The third-order valence-corrected chi connectivity index (χ3v) is 9.16. The fraction of sp³-hybridized carbons (Fsp3) is 0.281. The average molecular weight is 919 g/mol. The Morgan fingerprint density at radius 2 is 1.53 bits per heavy atom. The number of ether oxygens (including phenoxy) is 1. The standard InChI is InChI=1S/C32H20Cl2F11IN2O5/c1-29(2)17(12-21(33)34)22(29)27(51)53-48(26(50)13-6-8-15(35)9-7-13)19-5-3-4-16(23(19)36)25(49)47-24-18(46)10-14(11-20(24)52-28(37)38)30(39,31(40,41)42)32(43,44)45/h3-12,17,22,28H,1-2H3,(H,47,49). The first-order valence-corrected chi connectivity index (χ1v) is 16.2. The van der Waals surface area contributed by atoms with Crippen LogP contribution in [0.25, 0.3) is 0 Å². The lowest BCUT2D eigenvalue weighted by atomic mass is 9.93. The maximum Gasteiger partial charge on any atom is 0.435 e. The number of rotatable bonds is 9. The second-order valence-electron chi connectivity index (χ2n) is 11.8. The highest BCUT2D eigenvalue weighted by molar-refractivity contribution is 14.1. The van der Waals surface area contributed by atoms with Crippen LogP contribution in [0.2, 0.25) is 0 Å².